The predicted octanol–water partition coefficient (Wildman–Crippen LogP) is 5.81. The SMILES string of the molecule is Nc1cc(Cl)c(Oc2ccc3c(c2)CCN(c2ccccc2F)C3C=O)c(Cl)c1. The Balaban J connectivity index is 1.66. The molecule has 1 aliphatic heterocycles. The summed E-state index contributed by atoms with van der Waals surface area (Å²) < 4.78 is 20.1. The number of nitrogens with zero attached hydrogens (tertiary/aromatic N) is 1. The molecule has 0 saturated carbocycles. The zero-order valence-corrected chi connectivity index (χ0v) is 16.8. The highest BCUT2D eigenvalue weighted by Crippen LogP contribution is 2.40. The summed E-state index contributed by atoms with van der Waals surface area (Å²) in [5.74, 6) is 0.509. The van der Waals surface area contributed by atoms with Gasteiger partial charge >= 0.3 is 0 Å². The van der Waals surface area contributed by atoms with Crippen LogP contribution in [-0.2, 0) is 11.2 Å². The number of benzene rings is 3. The molecule has 1 aliphatic rings. The number of halogens is 3. The van der Waals surface area contributed by atoms with Crippen molar-refractivity contribution in [1.82, 2.24) is 0 Å². The van der Waals surface area contributed by atoms with Crippen molar-refractivity contribution in [3.63, 3.8) is 0 Å². The Labute approximate surface area is 177 Å². The molecule has 1 atom stereocenters. The van der Waals surface area contributed by atoms with Gasteiger partial charge < -0.3 is 20.2 Å². The van der Waals surface area contributed by atoms with Crippen LogP contribution < -0.4 is 15.4 Å². The number of ether oxygens (including phenoxy) is 1. The maximum Gasteiger partial charge on any atom is 0.164 e. The number of fused-ring (bicyclic) bond motifs is 1. The van der Waals surface area contributed by atoms with Gasteiger partial charge in [-0.3, -0.25) is 0 Å². The van der Waals surface area contributed by atoms with E-state index in [2.05, 4.69) is 0 Å². The summed E-state index contributed by atoms with van der Waals surface area (Å²) >= 11 is 12.4. The predicted molar refractivity (Wildman–Crippen MR) is 114 cm³/mol. The summed E-state index contributed by atoms with van der Waals surface area (Å²) in [5.41, 5.74) is 8.35. The van der Waals surface area contributed by atoms with Crippen LogP contribution in [0.2, 0.25) is 10.0 Å². The maximum absolute atomic E-state index is 14.3. The molecule has 0 saturated heterocycles. The summed E-state index contributed by atoms with van der Waals surface area (Å²) in [6.45, 7) is 0.504. The highest BCUT2D eigenvalue weighted by molar-refractivity contribution is 6.37. The van der Waals surface area contributed by atoms with Crippen LogP contribution in [0.25, 0.3) is 0 Å². The molecule has 0 bridgehead atoms. The second-order valence-electron chi connectivity index (χ2n) is 6.75. The van der Waals surface area contributed by atoms with Crippen LogP contribution in [-0.4, -0.2) is 12.8 Å². The zero-order valence-electron chi connectivity index (χ0n) is 15.2. The van der Waals surface area contributed by atoms with E-state index in [-0.39, 0.29) is 5.82 Å². The molecule has 1 unspecified atom stereocenters. The van der Waals surface area contributed by atoms with E-state index in [0.29, 0.717) is 45.9 Å². The molecule has 0 aromatic heterocycles. The van der Waals surface area contributed by atoms with Crippen LogP contribution in [0.4, 0.5) is 15.8 Å². The monoisotopic (exact) mass is 430 g/mol. The molecule has 0 amide bonds. The van der Waals surface area contributed by atoms with Crippen LogP contribution in [0, 0.1) is 5.82 Å². The molecular weight excluding hydrogens is 414 g/mol. The van der Waals surface area contributed by atoms with Crippen molar-refractivity contribution in [1.29, 1.82) is 0 Å². The van der Waals surface area contributed by atoms with Crippen molar-refractivity contribution in [3.05, 3.63) is 81.6 Å². The lowest BCUT2D eigenvalue weighted by Gasteiger charge is -2.36. The van der Waals surface area contributed by atoms with Crippen LogP contribution in [0.5, 0.6) is 11.5 Å². The average molecular weight is 431 g/mol. The fourth-order valence-electron chi connectivity index (χ4n) is 3.60. The van der Waals surface area contributed by atoms with Gasteiger partial charge in [0.25, 0.3) is 0 Å². The molecule has 3 aromatic rings. The number of nitrogen functional groups attached to an aromatic ring is 1. The molecule has 0 fully saturated rings. The number of carbonyl (C=O) groups excluding carboxylic acids is 1. The fourth-order valence-corrected chi connectivity index (χ4v) is 4.18. The normalized spacial score (nSPS) is 15.7. The van der Waals surface area contributed by atoms with Crippen LogP contribution in [0.3, 0.4) is 0 Å². The minimum Gasteiger partial charge on any atom is -0.454 e. The molecule has 4 nitrogen and oxygen atoms in total. The lowest BCUT2D eigenvalue weighted by molar-refractivity contribution is -0.109. The number of hydrogen-bond donors (Lipinski definition) is 1. The van der Waals surface area contributed by atoms with Crippen molar-refractivity contribution < 1.29 is 13.9 Å². The molecule has 1 heterocycles. The third-order valence-corrected chi connectivity index (χ3v) is 5.48. The third kappa shape index (κ3) is 3.76. The Morgan fingerprint density at radius 2 is 1.83 bits per heavy atom. The Morgan fingerprint density at radius 3 is 2.52 bits per heavy atom. The zero-order chi connectivity index (χ0) is 20.5. The molecule has 2 N–H and O–H groups in total. The highest BCUT2D eigenvalue weighted by atomic mass is 35.5. The third-order valence-electron chi connectivity index (χ3n) is 4.92. The van der Waals surface area contributed by atoms with E-state index in [1.807, 2.05) is 12.1 Å². The second-order valence-corrected chi connectivity index (χ2v) is 7.57. The van der Waals surface area contributed by atoms with E-state index in [1.165, 1.54) is 6.07 Å². The van der Waals surface area contributed by atoms with Crippen LogP contribution in [0.15, 0.2) is 54.6 Å². The van der Waals surface area contributed by atoms with Gasteiger partial charge in [-0.2, -0.15) is 0 Å². The summed E-state index contributed by atoms with van der Waals surface area (Å²) in [4.78, 5) is 13.6. The molecule has 4 rings (SSSR count). The molecule has 0 spiro atoms. The quantitative estimate of drug-likeness (QED) is 0.419. The first-order valence-corrected chi connectivity index (χ1v) is 9.75. The first kappa shape index (κ1) is 19.6. The highest BCUT2D eigenvalue weighted by Gasteiger charge is 2.29. The van der Waals surface area contributed by atoms with Crippen molar-refractivity contribution in [2.45, 2.75) is 12.5 Å². The molecular formula is C22H17Cl2FN2O2. The first-order valence-electron chi connectivity index (χ1n) is 8.99. The minimum atomic E-state index is -0.576. The van der Waals surface area contributed by atoms with E-state index in [0.717, 1.165) is 17.4 Å². The minimum absolute atomic E-state index is 0.309. The lowest BCUT2D eigenvalue weighted by Crippen LogP contribution is -2.36. The first-order chi connectivity index (χ1) is 14.0. The van der Waals surface area contributed by atoms with Gasteiger partial charge in [-0.1, -0.05) is 41.4 Å². The lowest BCUT2D eigenvalue weighted by atomic mass is 9.92. The number of carbonyl (C=O) groups is 1. The largest absolute Gasteiger partial charge is 0.454 e. The fraction of sp³-hybridized carbons (Fsp3) is 0.136. The molecule has 29 heavy (non-hydrogen) atoms. The number of anilines is 2. The Kier molecular flexibility index (Phi) is 5.35. The number of rotatable bonds is 4. The molecule has 148 valence electrons. The van der Waals surface area contributed by atoms with Crippen molar-refractivity contribution >= 4 is 40.9 Å². The van der Waals surface area contributed by atoms with Crippen LogP contribution in [0.1, 0.15) is 17.2 Å². The molecule has 0 aliphatic carbocycles. The van der Waals surface area contributed by atoms with E-state index in [1.54, 1.807) is 41.3 Å². The van der Waals surface area contributed by atoms with Gasteiger partial charge in [0.2, 0.25) is 0 Å². The van der Waals surface area contributed by atoms with Crippen molar-refractivity contribution in [2.24, 2.45) is 0 Å². The van der Waals surface area contributed by atoms with Crippen molar-refractivity contribution in [3.8, 4) is 11.5 Å². The molecule has 3 aromatic carbocycles. The summed E-state index contributed by atoms with van der Waals surface area (Å²) in [7, 11) is 0. The van der Waals surface area contributed by atoms with Crippen LogP contribution >= 0.6 is 23.2 Å². The van der Waals surface area contributed by atoms with E-state index in [9.17, 15) is 9.18 Å². The second kappa shape index (κ2) is 7.93. The van der Waals surface area contributed by atoms with E-state index in [4.69, 9.17) is 33.7 Å². The van der Waals surface area contributed by atoms with Crippen molar-refractivity contribution in [2.75, 3.05) is 17.2 Å². The number of para-hydroxylation sites is 1. The smallest absolute Gasteiger partial charge is 0.164 e. The Bertz CT molecular complexity index is 1070. The maximum atomic E-state index is 14.3. The van der Waals surface area contributed by atoms with Gasteiger partial charge in [0, 0.05) is 12.2 Å². The number of nitrogens with two attached hydrogens (primary N) is 1. The van der Waals surface area contributed by atoms with E-state index < -0.39 is 6.04 Å². The van der Waals surface area contributed by atoms with Gasteiger partial charge in [-0.05, 0) is 53.9 Å². The topological polar surface area (TPSA) is 55.6 Å². The van der Waals surface area contributed by atoms with Gasteiger partial charge in [-0.25, -0.2) is 4.39 Å². The summed E-state index contributed by atoms with van der Waals surface area (Å²) in [6, 6.07) is 14.4. The van der Waals surface area contributed by atoms with Gasteiger partial charge in [0.05, 0.1) is 15.7 Å². The van der Waals surface area contributed by atoms with E-state index >= 15 is 0 Å². The summed E-state index contributed by atoms with van der Waals surface area (Å²) in [6.07, 6.45) is 1.47. The number of hydrogen-bond acceptors (Lipinski definition) is 4. The van der Waals surface area contributed by atoms with Gasteiger partial charge in [0.1, 0.15) is 23.9 Å². The molecule has 0 radical (unpaired) electrons. The number of aldehydes is 1. The molecule has 7 heteroatoms. The average Bonchev–Trinajstić information content (AvgIpc) is 2.70. The van der Waals surface area contributed by atoms with Gasteiger partial charge in [-0.15, -0.1) is 0 Å². The Morgan fingerprint density at radius 1 is 1.10 bits per heavy atom. The van der Waals surface area contributed by atoms with Gasteiger partial charge in [0.15, 0.2) is 5.75 Å². The standard InChI is InChI=1S/C22H17Cl2FN2O2/c23-17-10-14(26)11-18(24)22(17)29-15-5-6-16-13(9-15)7-8-27(21(16)12-28)20-4-2-1-3-19(20)25/h1-6,9-12,21H,7-8,26H2. The summed E-state index contributed by atoms with van der Waals surface area (Å²) in [5, 5.41) is 0.619. The Hall–Kier alpha value is -2.76.